The minimum Gasteiger partial charge on any atom is -0.338 e. The smallest absolute Gasteiger partial charge is 0.321 e. The van der Waals surface area contributed by atoms with E-state index in [9.17, 15) is 18.4 Å². The van der Waals surface area contributed by atoms with Crippen molar-refractivity contribution < 1.29 is 23.7 Å². The number of imide groups is 1. The Morgan fingerprint density at radius 2 is 2.05 bits per heavy atom. The van der Waals surface area contributed by atoms with Gasteiger partial charge >= 0.3 is 6.03 Å². The fraction of sp³-hybridized carbons (Fsp3) is 0.385. The molecule has 0 spiro atoms. The average molecular weight is 286 g/mol. The van der Waals surface area contributed by atoms with E-state index in [1.54, 1.807) is 19.2 Å². The normalized spacial score (nSPS) is 11.8. The lowest BCUT2D eigenvalue weighted by Crippen LogP contribution is -2.87. The number of quaternary nitrogens is 1. The first-order valence-corrected chi connectivity index (χ1v) is 6.30. The lowest BCUT2D eigenvalue weighted by Gasteiger charge is -2.11. The minimum absolute atomic E-state index is 0.0326. The first-order valence-electron chi connectivity index (χ1n) is 6.30. The van der Waals surface area contributed by atoms with Gasteiger partial charge in [0, 0.05) is 18.2 Å². The molecule has 1 atom stereocenters. The van der Waals surface area contributed by atoms with Gasteiger partial charge in [0.25, 0.3) is 5.91 Å². The average Bonchev–Trinajstić information content (AvgIpc) is 2.36. The number of hydrogen-bond donors (Lipinski definition) is 3. The van der Waals surface area contributed by atoms with E-state index in [4.69, 9.17) is 0 Å². The molecule has 110 valence electrons. The molecule has 0 fully saturated rings. The fourth-order valence-corrected chi connectivity index (χ4v) is 1.66. The highest BCUT2D eigenvalue weighted by molar-refractivity contribution is 5.94. The summed E-state index contributed by atoms with van der Waals surface area (Å²) in [5.41, 5.74) is 0.303. The Morgan fingerprint density at radius 3 is 2.65 bits per heavy atom. The van der Waals surface area contributed by atoms with Crippen molar-refractivity contribution in [1.29, 1.82) is 0 Å². The highest BCUT2D eigenvalue weighted by Gasteiger charge is 2.16. The van der Waals surface area contributed by atoms with Gasteiger partial charge in [0.2, 0.25) is 0 Å². The van der Waals surface area contributed by atoms with Crippen LogP contribution in [0.4, 0.5) is 13.6 Å². The van der Waals surface area contributed by atoms with E-state index in [0.717, 1.165) is 12.1 Å². The molecule has 0 saturated heterocycles. The zero-order valence-electron chi connectivity index (χ0n) is 11.4. The summed E-state index contributed by atoms with van der Waals surface area (Å²) in [5.74, 6) is -1.78. The van der Waals surface area contributed by atoms with Crippen LogP contribution in [0.3, 0.4) is 0 Å². The summed E-state index contributed by atoms with van der Waals surface area (Å²) < 4.78 is 26.3. The van der Waals surface area contributed by atoms with Crippen LogP contribution in [0.25, 0.3) is 0 Å². The number of nitrogens with one attached hydrogen (secondary N) is 2. The molecule has 0 unspecified atom stereocenters. The van der Waals surface area contributed by atoms with E-state index < -0.39 is 23.6 Å². The van der Waals surface area contributed by atoms with Gasteiger partial charge in [-0.25, -0.2) is 13.6 Å². The van der Waals surface area contributed by atoms with Crippen molar-refractivity contribution in [2.45, 2.75) is 19.9 Å². The van der Waals surface area contributed by atoms with Gasteiger partial charge in [-0.3, -0.25) is 10.1 Å². The van der Waals surface area contributed by atoms with E-state index >= 15 is 0 Å². The van der Waals surface area contributed by atoms with Crippen molar-refractivity contribution in [3.63, 3.8) is 0 Å². The van der Waals surface area contributed by atoms with Crippen LogP contribution in [0.15, 0.2) is 18.2 Å². The summed E-state index contributed by atoms with van der Waals surface area (Å²) >= 11 is 0. The van der Waals surface area contributed by atoms with Crippen LogP contribution in [0.1, 0.15) is 25.5 Å². The Balaban J connectivity index is 2.48. The number of rotatable bonds is 5. The number of amides is 3. The molecule has 0 bridgehead atoms. The zero-order valence-corrected chi connectivity index (χ0v) is 11.4. The van der Waals surface area contributed by atoms with Gasteiger partial charge in [0.05, 0.1) is 0 Å². The highest BCUT2D eigenvalue weighted by Crippen LogP contribution is 2.14. The van der Waals surface area contributed by atoms with Crippen molar-refractivity contribution in [3.8, 4) is 0 Å². The number of benzene rings is 1. The van der Waals surface area contributed by atoms with E-state index in [1.807, 2.05) is 0 Å². The van der Waals surface area contributed by atoms with Crippen molar-refractivity contribution in [3.05, 3.63) is 35.4 Å². The quantitative estimate of drug-likeness (QED) is 0.734. The van der Waals surface area contributed by atoms with Crippen LogP contribution in [-0.4, -0.2) is 25.0 Å². The molecule has 0 aliphatic rings. The second kappa shape index (κ2) is 7.54. The summed E-state index contributed by atoms with van der Waals surface area (Å²) in [4.78, 5) is 22.5. The summed E-state index contributed by atoms with van der Waals surface area (Å²) in [6.45, 7) is 3.81. The predicted molar refractivity (Wildman–Crippen MR) is 68.8 cm³/mol. The Morgan fingerprint density at radius 1 is 1.35 bits per heavy atom. The van der Waals surface area contributed by atoms with Crippen molar-refractivity contribution in [1.82, 2.24) is 10.6 Å². The molecule has 3 amide bonds. The number of carbonyl (C=O) groups is 2. The predicted octanol–water partition coefficient (Wildman–Crippen LogP) is 0.435. The largest absolute Gasteiger partial charge is 0.338 e. The third-order valence-electron chi connectivity index (χ3n) is 2.70. The monoisotopic (exact) mass is 286 g/mol. The first kappa shape index (κ1) is 16.0. The number of nitrogens with two attached hydrogens (primary N) is 1. The molecule has 0 aliphatic carbocycles. The Hall–Kier alpha value is -2.02. The van der Waals surface area contributed by atoms with E-state index in [-0.39, 0.29) is 12.6 Å². The summed E-state index contributed by atoms with van der Waals surface area (Å²) in [7, 11) is 0. The minimum atomic E-state index is -0.655. The van der Waals surface area contributed by atoms with Gasteiger partial charge in [-0.15, -0.1) is 0 Å². The summed E-state index contributed by atoms with van der Waals surface area (Å²) in [6.07, 6.45) is 0. The van der Waals surface area contributed by atoms with E-state index in [0.29, 0.717) is 12.1 Å². The van der Waals surface area contributed by atoms with Gasteiger partial charge in [-0.2, -0.15) is 0 Å². The SMILES string of the molecule is CCNC(=O)NC(=O)C[NH2+][C@H](C)c1ccc(F)cc1F. The topological polar surface area (TPSA) is 74.8 Å². The van der Waals surface area contributed by atoms with Gasteiger partial charge in [0.1, 0.15) is 17.7 Å². The molecular formula is C13H18F2N3O2+. The zero-order chi connectivity index (χ0) is 15.1. The van der Waals surface area contributed by atoms with Crippen LogP contribution in [0, 0.1) is 11.6 Å². The first-order chi connectivity index (χ1) is 9.43. The molecule has 4 N–H and O–H groups in total. The van der Waals surface area contributed by atoms with Crippen molar-refractivity contribution in [2.75, 3.05) is 13.1 Å². The molecule has 1 rings (SSSR count). The molecule has 0 radical (unpaired) electrons. The molecule has 0 heterocycles. The Labute approximate surface area is 115 Å². The second-order valence-electron chi connectivity index (χ2n) is 4.30. The van der Waals surface area contributed by atoms with Crippen LogP contribution >= 0.6 is 0 Å². The number of hydrogen-bond acceptors (Lipinski definition) is 2. The molecule has 5 nitrogen and oxygen atoms in total. The maximum Gasteiger partial charge on any atom is 0.321 e. The maximum absolute atomic E-state index is 13.5. The molecule has 20 heavy (non-hydrogen) atoms. The van der Waals surface area contributed by atoms with Crippen LogP contribution in [0.5, 0.6) is 0 Å². The third-order valence-corrected chi connectivity index (χ3v) is 2.70. The lowest BCUT2D eigenvalue weighted by atomic mass is 10.1. The third kappa shape index (κ3) is 4.93. The number of carbonyl (C=O) groups excluding carboxylic acids is 2. The van der Waals surface area contributed by atoms with Crippen LogP contribution < -0.4 is 16.0 Å². The molecule has 0 aliphatic heterocycles. The highest BCUT2D eigenvalue weighted by atomic mass is 19.1. The summed E-state index contributed by atoms with van der Waals surface area (Å²) in [5, 5.41) is 6.12. The second-order valence-corrected chi connectivity index (χ2v) is 4.30. The molecule has 1 aromatic carbocycles. The summed E-state index contributed by atoms with van der Waals surface area (Å²) in [6, 6.07) is 2.38. The van der Waals surface area contributed by atoms with Crippen LogP contribution in [-0.2, 0) is 4.79 Å². The van der Waals surface area contributed by atoms with Gasteiger partial charge in [-0.1, -0.05) is 0 Å². The lowest BCUT2D eigenvalue weighted by molar-refractivity contribution is -0.682. The van der Waals surface area contributed by atoms with Crippen molar-refractivity contribution in [2.24, 2.45) is 0 Å². The Bertz CT molecular complexity index is 495. The van der Waals surface area contributed by atoms with Gasteiger partial charge < -0.3 is 10.6 Å². The molecule has 0 saturated carbocycles. The molecule has 1 aromatic rings. The van der Waals surface area contributed by atoms with Gasteiger partial charge in [0.15, 0.2) is 6.54 Å². The van der Waals surface area contributed by atoms with Gasteiger partial charge in [-0.05, 0) is 26.0 Å². The standard InChI is InChI=1S/C13H17F2N3O2/c1-3-16-13(20)18-12(19)7-17-8(2)10-5-4-9(14)6-11(10)15/h4-6,8,17H,3,7H2,1-2H3,(H2,16,18,19,20)/p+1/t8-/m1/s1. The van der Waals surface area contributed by atoms with Crippen LogP contribution in [0.2, 0.25) is 0 Å². The Kier molecular flexibility index (Phi) is 6.05. The molecule has 0 aromatic heterocycles. The van der Waals surface area contributed by atoms with E-state index in [2.05, 4.69) is 10.6 Å². The van der Waals surface area contributed by atoms with E-state index in [1.165, 1.54) is 6.07 Å². The maximum atomic E-state index is 13.5. The number of halogens is 2. The molecular weight excluding hydrogens is 268 g/mol. The van der Waals surface area contributed by atoms with Crippen molar-refractivity contribution >= 4 is 11.9 Å². The molecule has 7 heteroatoms. The fourth-order valence-electron chi connectivity index (χ4n) is 1.66. The number of urea groups is 1.